The molecule has 0 aliphatic carbocycles. The molecule has 0 saturated carbocycles. The van der Waals surface area contributed by atoms with E-state index in [-0.39, 0.29) is 30.9 Å². The normalized spacial score (nSPS) is 16.2. The van der Waals surface area contributed by atoms with Gasteiger partial charge in [-0.2, -0.15) is 0 Å². The summed E-state index contributed by atoms with van der Waals surface area (Å²) in [6.07, 6.45) is 1.38. The average molecular weight is 257 g/mol. The first-order chi connectivity index (χ1) is 8.49. The van der Waals surface area contributed by atoms with E-state index in [0.29, 0.717) is 13.1 Å². The predicted octanol–water partition coefficient (Wildman–Crippen LogP) is -0.229. The number of amides is 3. The molecule has 0 spiro atoms. The maximum Gasteiger partial charge on any atom is 0.317 e. The molecule has 0 aromatic rings. The van der Waals surface area contributed by atoms with Gasteiger partial charge in [0.1, 0.15) is 0 Å². The summed E-state index contributed by atoms with van der Waals surface area (Å²) in [5.74, 6) is -0.987. The molecule has 18 heavy (non-hydrogen) atoms. The maximum atomic E-state index is 11.6. The molecule has 1 aliphatic rings. The van der Waals surface area contributed by atoms with Crippen molar-refractivity contribution in [1.82, 2.24) is 15.5 Å². The number of nitrogens with zero attached hydrogens (tertiary/aromatic N) is 1. The van der Waals surface area contributed by atoms with Gasteiger partial charge in [-0.25, -0.2) is 4.79 Å². The van der Waals surface area contributed by atoms with Crippen LogP contribution in [0.15, 0.2) is 0 Å². The fourth-order valence-electron chi connectivity index (χ4n) is 1.90. The van der Waals surface area contributed by atoms with Gasteiger partial charge in [-0.15, -0.1) is 0 Å². The van der Waals surface area contributed by atoms with Crippen molar-refractivity contribution in [2.75, 3.05) is 19.6 Å². The van der Waals surface area contributed by atoms with Crippen molar-refractivity contribution in [3.8, 4) is 0 Å². The van der Waals surface area contributed by atoms with Crippen molar-refractivity contribution >= 4 is 17.9 Å². The minimum Gasteiger partial charge on any atom is -0.481 e. The van der Waals surface area contributed by atoms with Gasteiger partial charge in [-0.05, 0) is 12.8 Å². The van der Waals surface area contributed by atoms with Gasteiger partial charge in [0.2, 0.25) is 5.91 Å². The van der Waals surface area contributed by atoms with E-state index in [2.05, 4.69) is 10.6 Å². The largest absolute Gasteiger partial charge is 0.481 e. The Balaban J connectivity index is 2.23. The zero-order valence-electron chi connectivity index (χ0n) is 10.4. The minimum absolute atomic E-state index is 0.0561. The highest BCUT2D eigenvalue weighted by Crippen LogP contribution is 2.10. The third-order valence-electron chi connectivity index (χ3n) is 2.80. The van der Waals surface area contributed by atoms with E-state index in [1.54, 1.807) is 4.90 Å². The standard InChI is InChI=1S/C11H19N3O4/c1-8(15)13-9-3-6-14(7-4-9)11(18)12-5-2-10(16)17/h9H,2-7H2,1H3,(H,12,18)(H,13,15)(H,16,17). The predicted molar refractivity (Wildman–Crippen MR) is 64.1 cm³/mol. The third kappa shape index (κ3) is 5.03. The van der Waals surface area contributed by atoms with Crippen molar-refractivity contribution < 1.29 is 19.5 Å². The van der Waals surface area contributed by atoms with E-state index >= 15 is 0 Å². The van der Waals surface area contributed by atoms with Gasteiger partial charge in [0.05, 0.1) is 6.42 Å². The van der Waals surface area contributed by atoms with Gasteiger partial charge in [0.25, 0.3) is 0 Å². The number of carbonyl (C=O) groups excluding carboxylic acids is 2. The number of hydrogen-bond donors (Lipinski definition) is 3. The summed E-state index contributed by atoms with van der Waals surface area (Å²) in [4.78, 5) is 34.5. The molecule has 1 aliphatic heterocycles. The first-order valence-corrected chi connectivity index (χ1v) is 6.00. The van der Waals surface area contributed by atoms with Crippen LogP contribution in [-0.4, -0.2) is 53.6 Å². The summed E-state index contributed by atoms with van der Waals surface area (Å²) in [6.45, 7) is 2.76. The van der Waals surface area contributed by atoms with Gasteiger partial charge in [0.15, 0.2) is 0 Å². The topological polar surface area (TPSA) is 98.7 Å². The molecule has 0 radical (unpaired) electrons. The second kappa shape index (κ2) is 6.83. The average Bonchev–Trinajstić information content (AvgIpc) is 2.28. The quantitative estimate of drug-likeness (QED) is 0.648. The van der Waals surface area contributed by atoms with E-state index in [0.717, 1.165) is 12.8 Å². The van der Waals surface area contributed by atoms with Gasteiger partial charge in [0, 0.05) is 32.6 Å². The van der Waals surface area contributed by atoms with Crippen LogP contribution in [0, 0.1) is 0 Å². The molecule has 1 fully saturated rings. The Kier molecular flexibility index (Phi) is 5.41. The van der Waals surface area contributed by atoms with E-state index in [1.165, 1.54) is 6.92 Å². The van der Waals surface area contributed by atoms with Crippen LogP contribution < -0.4 is 10.6 Å². The smallest absolute Gasteiger partial charge is 0.317 e. The van der Waals surface area contributed by atoms with Crippen LogP contribution in [0.25, 0.3) is 0 Å². The Labute approximate surface area is 106 Å². The highest BCUT2D eigenvalue weighted by molar-refractivity contribution is 5.75. The third-order valence-corrected chi connectivity index (χ3v) is 2.80. The minimum atomic E-state index is -0.931. The van der Waals surface area contributed by atoms with Crippen LogP contribution in [0.1, 0.15) is 26.2 Å². The molecule has 1 rings (SSSR count). The van der Waals surface area contributed by atoms with Crippen LogP contribution >= 0.6 is 0 Å². The molecule has 0 atom stereocenters. The van der Waals surface area contributed by atoms with Crippen LogP contribution in [0.3, 0.4) is 0 Å². The Morgan fingerprint density at radius 3 is 2.39 bits per heavy atom. The summed E-state index contributed by atoms with van der Waals surface area (Å²) in [6, 6.07) is -0.108. The number of carboxylic acids is 1. The Bertz CT molecular complexity index is 324. The van der Waals surface area contributed by atoms with Crippen molar-refractivity contribution in [2.24, 2.45) is 0 Å². The van der Waals surface area contributed by atoms with Gasteiger partial charge in [-0.1, -0.05) is 0 Å². The van der Waals surface area contributed by atoms with Crippen LogP contribution in [0.5, 0.6) is 0 Å². The number of likely N-dealkylation sites (tertiary alicyclic amines) is 1. The lowest BCUT2D eigenvalue weighted by Gasteiger charge is -2.32. The second-order valence-corrected chi connectivity index (χ2v) is 4.34. The number of aliphatic carboxylic acids is 1. The molecule has 1 heterocycles. The summed E-state index contributed by atoms with van der Waals surface area (Å²) in [5.41, 5.74) is 0. The van der Waals surface area contributed by atoms with Crippen LogP contribution in [0.2, 0.25) is 0 Å². The number of carboxylic acid groups (broad SMARTS) is 1. The Morgan fingerprint density at radius 1 is 1.28 bits per heavy atom. The molecular weight excluding hydrogens is 238 g/mol. The lowest BCUT2D eigenvalue weighted by Crippen LogP contribution is -2.49. The first kappa shape index (κ1) is 14.3. The van der Waals surface area contributed by atoms with Crippen LogP contribution in [-0.2, 0) is 9.59 Å². The molecule has 0 aromatic heterocycles. The van der Waals surface area contributed by atoms with Gasteiger partial charge in [-0.3, -0.25) is 9.59 Å². The van der Waals surface area contributed by atoms with Crippen LogP contribution in [0.4, 0.5) is 4.79 Å². The molecule has 1 saturated heterocycles. The van der Waals surface area contributed by atoms with E-state index in [1.807, 2.05) is 0 Å². The zero-order valence-corrected chi connectivity index (χ0v) is 10.4. The molecule has 7 nitrogen and oxygen atoms in total. The molecule has 0 aromatic carbocycles. The second-order valence-electron chi connectivity index (χ2n) is 4.34. The lowest BCUT2D eigenvalue weighted by atomic mass is 10.1. The first-order valence-electron chi connectivity index (χ1n) is 6.00. The van der Waals surface area contributed by atoms with Crippen molar-refractivity contribution in [1.29, 1.82) is 0 Å². The SMILES string of the molecule is CC(=O)NC1CCN(C(=O)NCCC(=O)O)CC1. The lowest BCUT2D eigenvalue weighted by molar-refractivity contribution is -0.136. The fourth-order valence-corrected chi connectivity index (χ4v) is 1.90. The van der Waals surface area contributed by atoms with E-state index in [4.69, 9.17) is 5.11 Å². The fraction of sp³-hybridized carbons (Fsp3) is 0.727. The Morgan fingerprint density at radius 2 is 1.89 bits per heavy atom. The summed E-state index contributed by atoms with van der Waals surface area (Å²) in [5, 5.41) is 13.8. The molecule has 0 bridgehead atoms. The summed E-state index contributed by atoms with van der Waals surface area (Å²) >= 11 is 0. The van der Waals surface area contributed by atoms with E-state index < -0.39 is 5.97 Å². The molecule has 3 amide bonds. The number of piperidine rings is 1. The zero-order chi connectivity index (χ0) is 13.5. The maximum absolute atomic E-state index is 11.6. The molecular formula is C11H19N3O4. The molecule has 102 valence electrons. The summed E-state index contributed by atoms with van der Waals surface area (Å²) in [7, 11) is 0. The highest BCUT2D eigenvalue weighted by atomic mass is 16.4. The van der Waals surface area contributed by atoms with Gasteiger partial charge < -0.3 is 20.6 Å². The number of carbonyl (C=O) groups is 3. The number of urea groups is 1. The van der Waals surface area contributed by atoms with Crippen molar-refractivity contribution in [3.63, 3.8) is 0 Å². The molecule has 3 N–H and O–H groups in total. The van der Waals surface area contributed by atoms with Crippen molar-refractivity contribution in [2.45, 2.75) is 32.2 Å². The Hall–Kier alpha value is -1.79. The molecule has 0 unspecified atom stereocenters. The van der Waals surface area contributed by atoms with Gasteiger partial charge >= 0.3 is 12.0 Å². The highest BCUT2D eigenvalue weighted by Gasteiger charge is 2.22. The monoisotopic (exact) mass is 257 g/mol. The molecule has 7 heteroatoms. The van der Waals surface area contributed by atoms with E-state index in [9.17, 15) is 14.4 Å². The number of hydrogen-bond acceptors (Lipinski definition) is 3. The van der Waals surface area contributed by atoms with Crippen molar-refractivity contribution in [3.05, 3.63) is 0 Å². The summed E-state index contributed by atoms with van der Waals surface area (Å²) < 4.78 is 0. The number of nitrogens with one attached hydrogen (secondary N) is 2. The number of rotatable bonds is 4.